The van der Waals surface area contributed by atoms with E-state index >= 15 is 0 Å². The molecule has 1 amide bonds. The quantitative estimate of drug-likeness (QED) is 0.830. The summed E-state index contributed by atoms with van der Waals surface area (Å²) in [6.45, 7) is 1.51. The molecule has 0 atom stereocenters. The molecule has 0 aliphatic carbocycles. The molecule has 0 spiro atoms. The van der Waals surface area contributed by atoms with Crippen LogP contribution in [0.3, 0.4) is 0 Å². The van der Waals surface area contributed by atoms with Crippen molar-refractivity contribution >= 4 is 5.91 Å². The Bertz CT molecular complexity index is 547. The van der Waals surface area contributed by atoms with E-state index in [1.54, 1.807) is 6.20 Å². The van der Waals surface area contributed by atoms with Crippen molar-refractivity contribution in [2.24, 2.45) is 0 Å². The van der Waals surface area contributed by atoms with Crippen LogP contribution >= 0.6 is 0 Å². The molecule has 20 heavy (non-hydrogen) atoms. The van der Waals surface area contributed by atoms with E-state index in [9.17, 15) is 4.79 Å². The zero-order chi connectivity index (χ0) is 13.8. The number of likely N-dealkylation sites (tertiary alicyclic amines) is 1. The molecule has 0 N–H and O–H groups in total. The maximum atomic E-state index is 12.0. The number of rotatable bonds is 5. The highest BCUT2D eigenvalue weighted by Crippen LogP contribution is 2.21. The summed E-state index contributed by atoms with van der Waals surface area (Å²) in [5, 5.41) is 7.75. The number of hydrogen-bond acceptors (Lipinski definition) is 3. The molecular formula is C15H18N4O. The fraction of sp³-hybridized carbons (Fsp3) is 0.400. The Morgan fingerprint density at radius 1 is 1.25 bits per heavy atom. The molecule has 5 nitrogen and oxygen atoms in total. The summed E-state index contributed by atoms with van der Waals surface area (Å²) in [5.41, 5.74) is 1.30. The zero-order valence-corrected chi connectivity index (χ0v) is 11.4. The van der Waals surface area contributed by atoms with Crippen molar-refractivity contribution < 1.29 is 4.79 Å². The van der Waals surface area contributed by atoms with E-state index < -0.39 is 0 Å². The summed E-state index contributed by atoms with van der Waals surface area (Å²) in [6.07, 6.45) is 6.02. The van der Waals surface area contributed by atoms with Gasteiger partial charge in [-0.25, -0.2) is 4.68 Å². The Balaban J connectivity index is 1.39. The van der Waals surface area contributed by atoms with E-state index in [0.717, 1.165) is 25.9 Å². The van der Waals surface area contributed by atoms with E-state index in [1.807, 2.05) is 34.0 Å². The average Bonchev–Trinajstić information content (AvgIpc) is 2.92. The highest BCUT2D eigenvalue weighted by atomic mass is 16.2. The topological polar surface area (TPSA) is 51.0 Å². The van der Waals surface area contributed by atoms with E-state index in [-0.39, 0.29) is 5.91 Å². The van der Waals surface area contributed by atoms with Crippen LogP contribution in [0.2, 0.25) is 0 Å². The summed E-state index contributed by atoms with van der Waals surface area (Å²) in [6, 6.07) is 10.6. The lowest BCUT2D eigenvalue weighted by Crippen LogP contribution is -2.50. The van der Waals surface area contributed by atoms with Gasteiger partial charge in [0.05, 0.1) is 12.2 Å². The minimum atomic E-state index is 0.247. The molecule has 1 aliphatic rings. The monoisotopic (exact) mass is 270 g/mol. The zero-order valence-electron chi connectivity index (χ0n) is 11.4. The van der Waals surface area contributed by atoms with Crippen molar-refractivity contribution in [3.8, 4) is 0 Å². The van der Waals surface area contributed by atoms with Crippen molar-refractivity contribution in [3.63, 3.8) is 0 Å². The Morgan fingerprint density at radius 3 is 2.75 bits per heavy atom. The smallest absolute Gasteiger partial charge is 0.222 e. The van der Waals surface area contributed by atoms with Crippen LogP contribution in [-0.4, -0.2) is 38.9 Å². The van der Waals surface area contributed by atoms with Gasteiger partial charge in [-0.15, -0.1) is 5.10 Å². The Hall–Kier alpha value is -2.17. The van der Waals surface area contributed by atoms with Crippen molar-refractivity contribution in [2.45, 2.75) is 25.3 Å². The third kappa shape index (κ3) is 2.87. The second-order valence-corrected chi connectivity index (χ2v) is 5.17. The fourth-order valence-corrected chi connectivity index (χ4v) is 2.48. The molecule has 2 aromatic rings. The van der Waals surface area contributed by atoms with Gasteiger partial charge in [0, 0.05) is 25.7 Å². The summed E-state index contributed by atoms with van der Waals surface area (Å²) in [7, 11) is 0. The van der Waals surface area contributed by atoms with Gasteiger partial charge in [0.25, 0.3) is 0 Å². The predicted molar refractivity (Wildman–Crippen MR) is 75.0 cm³/mol. The van der Waals surface area contributed by atoms with Crippen LogP contribution in [-0.2, 0) is 11.2 Å². The van der Waals surface area contributed by atoms with Crippen molar-refractivity contribution in [3.05, 3.63) is 48.3 Å². The number of carbonyl (C=O) groups is 1. The molecule has 0 bridgehead atoms. The largest absolute Gasteiger partial charge is 0.338 e. The molecule has 1 aromatic carbocycles. The van der Waals surface area contributed by atoms with Crippen LogP contribution in [0, 0.1) is 0 Å². The number of hydrogen-bond donors (Lipinski definition) is 0. The van der Waals surface area contributed by atoms with Gasteiger partial charge in [0.1, 0.15) is 0 Å². The summed E-state index contributed by atoms with van der Waals surface area (Å²) >= 11 is 0. The SMILES string of the molecule is O=C(CCCc1ccccc1)N1CC(n2ccnn2)C1. The van der Waals surface area contributed by atoms with Crippen molar-refractivity contribution in [2.75, 3.05) is 13.1 Å². The molecule has 1 aromatic heterocycles. The second kappa shape index (κ2) is 5.86. The van der Waals surface area contributed by atoms with Crippen LogP contribution in [0.5, 0.6) is 0 Å². The highest BCUT2D eigenvalue weighted by Gasteiger charge is 2.31. The van der Waals surface area contributed by atoms with Crippen molar-refractivity contribution in [1.29, 1.82) is 0 Å². The molecule has 1 fully saturated rings. The first-order valence-electron chi connectivity index (χ1n) is 7.00. The number of nitrogens with zero attached hydrogens (tertiary/aromatic N) is 4. The molecule has 5 heteroatoms. The fourth-order valence-electron chi connectivity index (χ4n) is 2.48. The van der Waals surface area contributed by atoms with Gasteiger partial charge in [-0.3, -0.25) is 4.79 Å². The standard InChI is InChI=1S/C15H18N4O/c20-15(8-4-7-13-5-2-1-3-6-13)18-11-14(12-18)19-10-9-16-17-19/h1-3,5-6,9-10,14H,4,7-8,11-12H2. The van der Waals surface area contributed by atoms with E-state index in [1.165, 1.54) is 5.56 Å². The van der Waals surface area contributed by atoms with Crippen LogP contribution in [0.1, 0.15) is 24.4 Å². The third-order valence-corrected chi connectivity index (χ3v) is 3.73. The van der Waals surface area contributed by atoms with Crippen LogP contribution < -0.4 is 0 Å². The maximum absolute atomic E-state index is 12.0. The van der Waals surface area contributed by atoms with E-state index in [2.05, 4.69) is 22.4 Å². The molecule has 0 unspecified atom stereocenters. The van der Waals surface area contributed by atoms with Gasteiger partial charge in [-0.05, 0) is 18.4 Å². The predicted octanol–water partition coefficient (Wildman–Crippen LogP) is 1.68. The third-order valence-electron chi connectivity index (χ3n) is 3.73. The van der Waals surface area contributed by atoms with Gasteiger partial charge in [-0.2, -0.15) is 0 Å². The first kappa shape index (κ1) is 12.8. The van der Waals surface area contributed by atoms with Crippen LogP contribution in [0.25, 0.3) is 0 Å². The summed E-state index contributed by atoms with van der Waals surface area (Å²) in [5.74, 6) is 0.247. The number of carbonyl (C=O) groups excluding carboxylic acids is 1. The van der Waals surface area contributed by atoms with Crippen molar-refractivity contribution in [1.82, 2.24) is 19.9 Å². The summed E-state index contributed by atoms with van der Waals surface area (Å²) in [4.78, 5) is 13.9. The second-order valence-electron chi connectivity index (χ2n) is 5.17. The molecular weight excluding hydrogens is 252 g/mol. The van der Waals surface area contributed by atoms with Gasteiger partial charge >= 0.3 is 0 Å². The molecule has 0 saturated carbocycles. The molecule has 1 aliphatic heterocycles. The van der Waals surface area contributed by atoms with Gasteiger partial charge in [-0.1, -0.05) is 35.5 Å². The highest BCUT2D eigenvalue weighted by molar-refractivity contribution is 5.77. The first-order chi connectivity index (χ1) is 9.83. The van der Waals surface area contributed by atoms with Crippen LogP contribution in [0.15, 0.2) is 42.7 Å². The molecule has 0 radical (unpaired) electrons. The van der Waals surface area contributed by atoms with Gasteiger partial charge in [0.15, 0.2) is 0 Å². The number of aryl methyl sites for hydroxylation is 1. The summed E-state index contributed by atoms with van der Waals surface area (Å²) < 4.78 is 1.83. The lowest BCUT2D eigenvalue weighted by molar-refractivity contribution is -0.137. The molecule has 1 saturated heterocycles. The molecule has 3 rings (SSSR count). The maximum Gasteiger partial charge on any atom is 0.222 e. The first-order valence-corrected chi connectivity index (χ1v) is 7.00. The number of benzene rings is 1. The normalized spacial score (nSPS) is 15.1. The number of amides is 1. The molecule has 2 heterocycles. The van der Waals surface area contributed by atoms with E-state index in [0.29, 0.717) is 12.5 Å². The Morgan fingerprint density at radius 2 is 2.05 bits per heavy atom. The lowest BCUT2D eigenvalue weighted by Gasteiger charge is -2.38. The number of aromatic nitrogens is 3. The Labute approximate surface area is 118 Å². The Kier molecular flexibility index (Phi) is 3.76. The average molecular weight is 270 g/mol. The van der Waals surface area contributed by atoms with Gasteiger partial charge < -0.3 is 4.90 Å². The minimum Gasteiger partial charge on any atom is -0.338 e. The van der Waals surface area contributed by atoms with E-state index in [4.69, 9.17) is 0 Å². The molecule has 104 valence electrons. The van der Waals surface area contributed by atoms with Gasteiger partial charge in [0.2, 0.25) is 5.91 Å². The minimum absolute atomic E-state index is 0.247. The van der Waals surface area contributed by atoms with Crippen LogP contribution in [0.4, 0.5) is 0 Å². The lowest BCUT2D eigenvalue weighted by atomic mass is 10.1.